The van der Waals surface area contributed by atoms with E-state index in [0.717, 1.165) is 38.2 Å². The van der Waals surface area contributed by atoms with Crippen LogP contribution < -0.4 is 10.6 Å². The van der Waals surface area contributed by atoms with Crippen molar-refractivity contribution in [2.24, 2.45) is 0 Å². The predicted molar refractivity (Wildman–Crippen MR) is 94.2 cm³/mol. The second-order valence-corrected chi connectivity index (χ2v) is 5.50. The molecule has 0 spiro atoms. The minimum Gasteiger partial charge on any atom is -0.390 e. The second-order valence-electron chi connectivity index (χ2n) is 5.50. The van der Waals surface area contributed by atoms with Crippen molar-refractivity contribution in [1.29, 1.82) is 5.26 Å². The Balaban J connectivity index is 2.66. The Bertz CT molecular complexity index is 661. The van der Waals surface area contributed by atoms with Crippen molar-refractivity contribution in [2.75, 3.05) is 31.5 Å². The third-order valence-corrected chi connectivity index (χ3v) is 3.78. The Morgan fingerprint density at radius 2 is 1.92 bits per heavy atom. The molecule has 26 heavy (non-hydrogen) atoms. The highest BCUT2D eigenvalue weighted by atomic mass is 19.4. The molecule has 0 aliphatic rings. The van der Waals surface area contributed by atoms with E-state index < -0.39 is 17.6 Å². The minimum atomic E-state index is -4.59. The number of alkyl halides is 3. The zero-order valence-electron chi connectivity index (χ0n) is 14.9. The van der Waals surface area contributed by atoms with Crippen LogP contribution in [0.15, 0.2) is 36.0 Å². The Morgan fingerprint density at radius 1 is 1.27 bits per heavy atom. The van der Waals surface area contributed by atoms with Gasteiger partial charge in [0, 0.05) is 12.7 Å². The summed E-state index contributed by atoms with van der Waals surface area (Å²) in [5.41, 5.74) is -1.63. The lowest BCUT2D eigenvalue weighted by atomic mass is 10.1. The van der Waals surface area contributed by atoms with Crippen LogP contribution in [0.2, 0.25) is 0 Å². The number of benzene rings is 1. The summed E-state index contributed by atoms with van der Waals surface area (Å²) in [6.07, 6.45) is -2.55. The van der Waals surface area contributed by atoms with Crippen LogP contribution in [0, 0.1) is 11.3 Å². The van der Waals surface area contributed by atoms with Crippen LogP contribution in [0.3, 0.4) is 0 Å². The van der Waals surface area contributed by atoms with Crippen LogP contribution in [-0.4, -0.2) is 37.0 Å². The highest BCUT2D eigenvalue weighted by Crippen LogP contribution is 2.34. The van der Waals surface area contributed by atoms with Crippen molar-refractivity contribution in [1.82, 2.24) is 10.2 Å². The number of hydrogen-bond acceptors (Lipinski definition) is 4. The molecule has 1 aromatic rings. The molecule has 0 aromatic heterocycles. The predicted octanol–water partition coefficient (Wildman–Crippen LogP) is 3.37. The summed E-state index contributed by atoms with van der Waals surface area (Å²) in [4.78, 5) is 14.3. The fourth-order valence-corrected chi connectivity index (χ4v) is 2.30. The molecule has 0 unspecified atom stereocenters. The molecule has 8 heteroatoms. The highest BCUT2D eigenvalue weighted by Gasteiger charge is 2.33. The number of carbonyl (C=O) groups excluding carboxylic acids is 1. The zero-order chi connectivity index (χ0) is 19.6. The first-order valence-corrected chi connectivity index (χ1v) is 8.37. The van der Waals surface area contributed by atoms with Crippen molar-refractivity contribution in [3.8, 4) is 6.07 Å². The number of anilines is 1. The number of para-hydroxylation sites is 1. The first-order valence-electron chi connectivity index (χ1n) is 8.37. The van der Waals surface area contributed by atoms with Gasteiger partial charge < -0.3 is 15.5 Å². The van der Waals surface area contributed by atoms with Crippen LogP contribution >= 0.6 is 0 Å². The van der Waals surface area contributed by atoms with E-state index in [1.165, 1.54) is 18.3 Å². The zero-order valence-corrected chi connectivity index (χ0v) is 14.9. The number of carbonyl (C=O) groups is 1. The van der Waals surface area contributed by atoms with Crippen molar-refractivity contribution in [2.45, 2.75) is 26.4 Å². The van der Waals surface area contributed by atoms with Gasteiger partial charge in [-0.3, -0.25) is 4.79 Å². The standard InChI is InChI=1S/C18H23F3N4O/c1-3-25(4-2)11-7-10-23-13-14(12-22)17(26)24-16-9-6-5-8-15(16)18(19,20)21/h5-6,8-9,13,23H,3-4,7,10-11H2,1-2H3,(H,24,26)/b14-13-. The number of hydrogen-bond donors (Lipinski definition) is 2. The third kappa shape index (κ3) is 6.76. The molecule has 0 saturated heterocycles. The van der Waals surface area contributed by atoms with Gasteiger partial charge in [-0.25, -0.2) is 0 Å². The van der Waals surface area contributed by atoms with Crippen molar-refractivity contribution >= 4 is 11.6 Å². The number of halogens is 3. The topological polar surface area (TPSA) is 68.2 Å². The highest BCUT2D eigenvalue weighted by molar-refractivity contribution is 6.06. The van der Waals surface area contributed by atoms with E-state index in [0.29, 0.717) is 6.54 Å². The van der Waals surface area contributed by atoms with Gasteiger partial charge >= 0.3 is 6.18 Å². The van der Waals surface area contributed by atoms with Crippen LogP contribution in [-0.2, 0) is 11.0 Å². The SMILES string of the molecule is CCN(CC)CCCN/C=C(/C#N)C(=O)Nc1ccccc1C(F)(F)F. The van der Waals surface area contributed by atoms with Crippen LogP contribution in [0.25, 0.3) is 0 Å². The van der Waals surface area contributed by atoms with E-state index in [2.05, 4.69) is 29.4 Å². The summed E-state index contributed by atoms with van der Waals surface area (Å²) >= 11 is 0. The van der Waals surface area contributed by atoms with Crippen molar-refractivity contribution in [3.63, 3.8) is 0 Å². The van der Waals surface area contributed by atoms with Crippen LogP contribution in [0.5, 0.6) is 0 Å². The Morgan fingerprint density at radius 3 is 2.50 bits per heavy atom. The lowest BCUT2D eigenvalue weighted by molar-refractivity contribution is -0.137. The summed E-state index contributed by atoms with van der Waals surface area (Å²) in [5.74, 6) is -0.888. The van der Waals surface area contributed by atoms with E-state index in [1.807, 2.05) is 0 Å². The summed E-state index contributed by atoms with van der Waals surface area (Å²) in [7, 11) is 0. The van der Waals surface area contributed by atoms with Crippen LogP contribution in [0.1, 0.15) is 25.8 Å². The molecule has 0 saturated carbocycles. The minimum absolute atomic E-state index is 0.287. The van der Waals surface area contributed by atoms with Crippen molar-refractivity contribution < 1.29 is 18.0 Å². The summed E-state index contributed by atoms with van der Waals surface area (Å²) < 4.78 is 38.8. The number of rotatable bonds is 9. The molecule has 1 amide bonds. The molecule has 0 bridgehead atoms. The monoisotopic (exact) mass is 368 g/mol. The Kier molecular flexibility index (Phi) is 8.65. The molecule has 1 rings (SSSR count). The van der Waals surface area contributed by atoms with Gasteiger partial charge in [0.1, 0.15) is 11.6 Å². The molecule has 0 atom stereocenters. The van der Waals surface area contributed by atoms with Gasteiger partial charge in [0.15, 0.2) is 0 Å². The number of nitrogens with one attached hydrogen (secondary N) is 2. The normalized spacial score (nSPS) is 12.0. The summed E-state index contributed by atoms with van der Waals surface area (Å²) in [6, 6.07) is 6.33. The number of nitrogens with zero attached hydrogens (tertiary/aromatic N) is 2. The van der Waals surface area contributed by atoms with E-state index in [4.69, 9.17) is 5.26 Å². The average Bonchev–Trinajstić information content (AvgIpc) is 2.60. The number of nitriles is 1. The van der Waals surface area contributed by atoms with E-state index in [-0.39, 0.29) is 11.3 Å². The molecule has 0 heterocycles. The van der Waals surface area contributed by atoms with Gasteiger partial charge in [-0.1, -0.05) is 26.0 Å². The van der Waals surface area contributed by atoms with Gasteiger partial charge in [0.25, 0.3) is 5.91 Å². The van der Waals surface area contributed by atoms with Gasteiger partial charge in [0.05, 0.1) is 11.3 Å². The molecular weight excluding hydrogens is 345 g/mol. The third-order valence-electron chi connectivity index (χ3n) is 3.78. The molecule has 142 valence electrons. The first kappa shape index (κ1) is 21.5. The summed E-state index contributed by atoms with van der Waals surface area (Å²) in [6.45, 7) is 7.43. The lowest BCUT2D eigenvalue weighted by Crippen LogP contribution is -2.26. The van der Waals surface area contributed by atoms with Gasteiger partial charge in [-0.2, -0.15) is 18.4 Å². The summed E-state index contributed by atoms with van der Waals surface area (Å²) in [5, 5.41) is 14.1. The fraction of sp³-hybridized carbons (Fsp3) is 0.444. The molecule has 2 N–H and O–H groups in total. The second kappa shape index (κ2) is 10.5. The lowest BCUT2D eigenvalue weighted by Gasteiger charge is -2.17. The average molecular weight is 368 g/mol. The molecule has 0 fully saturated rings. The van der Waals surface area contributed by atoms with Gasteiger partial charge in [-0.05, 0) is 38.2 Å². The van der Waals surface area contributed by atoms with E-state index >= 15 is 0 Å². The molecular formula is C18H23F3N4O. The largest absolute Gasteiger partial charge is 0.418 e. The first-order chi connectivity index (χ1) is 12.3. The molecule has 1 aromatic carbocycles. The smallest absolute Gasteiger partial charge is 0.390 e. The quantitative estimate of drug-likeness (QED) is 0.398. The molecule has 0 aliphatic heterocycles. The van der Waals surface area contributed by atoms with Gasteiger partial charge in [0.2, 0.25) is 0 Å². The van der Waals surface area contributed by atoms with Crippen molar-refractivity contribution in [3.05, 3.63) is 41.6 Å². The molecule has 0 radical (unpaired) electrons. The Hall–Kier alpha value is -2.53. The molecule has 5 nitrogen and oxygen atoms in total. The van der Waals surface area contributed by atoms with E-state index in [1.54, 1.807) is 6.07 Å². The van der Waals surface area contributed by atoms with Gasteiger partial charge in [-0.15, -0.1) is 0 Å². The maximum atomic E-state index is 12.9. The maximum Gasteiger partial charge on any atom is 0.418 e. The Labute approximate surface area is 151 Å². The maximum absolute atomic E-state index is 12.9. The fourth-order valence-electron chi connectivity index (χ4n) is 2.30. The van der Waals surface area contributed by atoms with E-state index in [9.17, 15) is 18.0 Å². The molecule has 0 aliphatic carbocycles. The van der Waals surface area contributed by atoms with Crippen LogP contribution in [0.4, 0.5) is 18.9 Å². The number of amides is 1.